The first-order valence-electron chi connectivity index (χ1n) is 17.6. The molecule has 2 aromatic carbocycles. The van der Waals surface area contributed by atoms with Gasteiger partial charge in [-0.15, -0.1) is 0 Å². The van der Waals surface area contributed by atoms with Crippen molar-refractivity contribution < 1.29 is 24.0 Å². The molecule has 2 aliphatic rings. The lowest BCUT2D eigenvalue weighted by molar-refractivity contribution is -0.135. The Morgan fingerprint density at radius 1 is 0.860 bits per heavy atom. The zero-order chi connectivity index (χ0) is 35.9. The highest BCUT2D eigenvalue weighted by Gasteiger charge is 2.32. The van der Waals surface area contributed by atoms with E-state index < -0.39 is 6.04 Å². The van der Waals surface area contributed by atoms with Gasteiger partial charge >= 0.3 is 6.03 Å². The van der Waals surface area contributed by atoms with Crippen LogP contribution in [-0.4, -0.2) is 89.2 Å². The fourth-order valence-corrected chi connectivity index (χ4v) is 7.26. The molecular formula is C37H49Cl2N5O5S. The predicted molar refractivity (Wildman–Crippen MR) is 199 cm³/mol. The summed E-state index contributed by atoms with van der Waals surface area (Å²) in [5, 5.41) is 9.66. The number of carbonyl (C=O) groups excluding carboxylic acids is 5. The number of thioether (sulfide) groups is 1. The Morgan fingerprint density at radius 3 is 2.34 bits per heavy atom. The van der Waals surface area contributed by atoms with Crippen LogP contribution in [0.5, 0.6) is 0 Å². The van der Waals surface area contributed by atoms with Crippen LogP contribution in [0.1, 0.15) is 69.4 Å². The Bertz CT molecular complexity index is 1460. The molecule has 50 heavy (non-hydrogen) atoms. The van der Waals surface area contributed by atoms with Crippen LogP contribution in [0.2, 0.25) is 10.0 Å². The molecule has 4 rings (SSSR count). The van der Waals surface area contributed by atoms with Gasteiger partial charge in [0.1, 0.15) is 6.04 Å². The lowest BCUT2D eigenvalue weighted by atomic mass is 9.90. The van der Waals surface area contributed by atoms with Crippen LogP contribution in [0.15, 0.2) is 48.5 Å². The van der Waals surface area contributed by atoms with Gasteiger partial charge in [0.2, 0.25) is 17.7 Å². The SMILES string of the molecule is CC(=O)SCC(=O)NCCCCCC(=O)NC1CCN(C(=O)NC(Cc2ccc(Cl)c(Cl)c2)C(=O)N2CCCC(Cc3ccccc3)C2)CC1. The molecule has 2 aliphatic heterocycles. The number of carbonyl (C=O) groups is 5. The zero-order valence-corrected chi connectivity index (χ0v) is 31.1. The molecule has 0 bridgehead atoms. The lowest BCUT2D eigenvalue weighted by Crippen LogP contribution is -2.56. The highest BCUT2D eigenvalue weighted by molar-refractivity contribution is 8.14. The normalized spacial score (nSPS) is 17.1. The number of nitrogens with one attached hydrogen (secondary N) is 3. The third kappa shape index (κ3) is 13.5. The van der Waals surface area contributed by atoms with Gasteiger partial charge in [0.05, 0.1) is 15.8 Å². The Morgan fingerprint density at radius 2 is 1.62 bits per heavy atom. The first-order chi connectivity index (χ1) is 24.1. The summed E-state index contributed by atoms with van der Waals surface area (Å²) < 4.78 is 0. The smallest absolute Gasteiger partial charge is 0.318 e. The number of urea groups is 1. The van der Waals surface area contributed by atoms with Crippen LogP contribution in [0, 0.1) is 5.92 Å². The average Bonchev–Trinajstić information content (AvgIpc) is 3.10. The van der Waals surface area contributed by atoms with E-state index in [1.165, 1.54) is 12.5 Å². The second kappa shape index (κ2) is 20.5. The second-order valence-corrected chi connectivity index (χ2v) is 15.2. The molecular weight excluding hydrogens is 697 g/mol. The number of piperidine rings is 2. The van der Waals surface area contributed by atoms with E-state index in [-0.39, 0.29) is 40.7 Å². The fraction of sp³-hybridized carbons (Fsp3) is 0.541. The van der Waals surface area contributed by atoms with Crippen molar-refractivity contribution in [3.63, 3.8) is 0 Å². The van der Waals surface area contributed by atoms with Crippen molar-refractivity contribution in [2.75, 3.05) is 38.5 Å². The third-order valence-electron chi connectivity index (χ3n) is 9.17. The Balaban J connectivity index is 1.23. The Kier molecular flexibility index (Phi) is 16.2. The van der Waals surface area contributed by atoms with Crippen molar-refractivity contribution in [1.29, 1.82) is 0 Å². The predicted octanol–water partition coefficient (Wildman–Crippen LogP) is 5.63. The molecule has 2 saturated heterocycles. The van der Waals surface area contributed by atoms with Crippen LogP contribution >= 0.6 is 35.0 Å². The van der Waals surface area contributed by atoms with Crippen LogP contribution in [0.25, 0.3) is 0 Å². The molecule has 2 unspecified atom stereocenters. The van der Waals surface area contributed by atoms with Crippen molar-refractivity contribution in [1.82, 2.24) is 25.8 Å². The van der Waals surface area contributed by atoms with Gasteiger partial charge in [0.15, 0.2) is 5.12 Å². The van der Waals surface area contributed by atoms with Gasteiger partial charge in [-0.3, -0.25) is 19.2 Å². The maximum absolute atomic E-state index is 14.0. The minimum Gasteiger partial charge on any atom is -0.355 e. The lowest BCUT2D eigenvalue weighted by Gasteiger charge is -2.37. The summed E-state index contributed by atoms with van der Waals surface area (Å²) in [6.07, 6.45) is 7.09. The molecule has 2 aromatic rings. The summed E-state index contributed by atoms with van der Waals surface area (Å²) in [6, 6.07) is 14.5. The van der Waals surface area contributed by atoms with Gasteiger partial charge in [-0.25, -0.2) is 4.79 Å². The molecule has 0 spiro atoms. The minimum atomic E-state index is -0.764. The number of likely N-dealkylation sites (tertiary alicyclic amines) is 2. The number of amides is 5. The van der Waals surface area contributed by atoms with E-state index in [0.717, 1.165) is 49.4 Å². The van der Waals surface area contributed by atoms with Gasteiger partial charge in [-0.1, -0.05) is 77.8 Å². The van der Waals surface area contributed by atoms with Crippen LogP contribution in [0.3, 0.4) is 0 Å². The van der Waals surface area contributed by atoms with Crippen molar-refractivity contribution >= 4 is 63.8 Å². The molecule has 13 heteroatoms. The van der Waals surface area contributed by atoms with E-state index in [1.807, 2.05) is 29.2 Å². The van der Waals surface area contributed by atoms with Gasteiger partial charge in [0.25, 0.3) is 0 Å². The highest BCUT2D eigenvalue weighted by Crippen LogP contribution is 2.25. The summed E-state index contributed by atoms with van der Waals surface area (Å²) in [5.41, 5.74) is 2.07. The van der Waals surface area contributed by atoms with Crippen LogP contribution in [0.4, 0.5) is 4.79 Å². The maximum atomic E-state index is 14.0. The van der Waals surface area contributed by atoms with Crippen molar-refractivity contribution in [3.8, 4) is 0 Å². The number of hydrogen-bond acceptors (Lipinski definition) is 6. The maximum Gasteiger partial charge on any atom is 0.318 e. The Labute approximate surface area is 309 Å². The number of hydrogen-bond donors (Lipinski definition) is 3. The van der Waals surface area contributed by atoms with E-state index in [4.69, 9.17) is 23.2 Å². The zero-order valence-electron chi connectivity index (χ0n) is 28.8. The fourth-order valence-electron chi connectivity index (χ4n) is 6.50. The van der Waals surface area contributed by atoms with Gasteiger partial charge < -0.3 is 25.8 Å². The van der Waals surface area contributed by atoms with Gasteiger partial charge in [0, 0.05) is 58.5 Å². The molecule has 3 N–H and O–H groups in total. The summed E-state index contributed by atoms with van der Waals surface area (Å²) >= 11 is 13.4. The molecule has 10 nitrogen and oxygen atoms in total. The summed E-state index contributed by atoms with van der Waals surface area (Å²) in [5.74, 6) is 0.200. The molecule has 2 fully saturated rings. The number of nitrogens with zero attached hydrogens (tertiary/aromatic N) is 2. The van der Waals surface area contributed by atoms with Crippen molar-refractivity contribution in [3.05, 3.63) is 69.7 Å². The molecule has 0 radical (unpaired) electrons. The molecule has 5 amide bonds. The minimum absolute atomic E-state index is 0.0193. The molecule has 0 saturated carbocycles. The second-order valence-electron chi connectivity index (χ2n) is 13.2. The van der Waals surface area contributed by atoms with E-state index >= 15 is 0 Å². The van der Waals surface area contributed by atoms with Gasteiger partial charge in [-0.05, 0) is 74.1 Å². The van der Waals surface area contributed by atoms with E-state index in [2.05, 4.69) is 28.1 Å². The van der Waals surface area contributed by atoms with Gasteiger partial charge in [-0.2, -0.15) is 0 Å². The quantitative estimate of drug-likeness (QED) is 0.203. The molecule has 0 aliphatic carbocycles. The van der Waals surface area contributed by atoms with E-state index in [9.17, 15) is 24.0 Å². The number of benzene rings is 2. The average molecular weight is 747 g/mol. The molecule has 2 heterocycles. The van der Waals surface area contributed by atoms with E-state index in [0.29, 0.717) is 80.8 Å². The first kappa shape index (κ1) is 39.5. The van der Waals surface area contributed by atoms with Crippen molar-refractivity contribution in [2.24, 2.45) is 5.92 Å². The Hall–Kier alpha value is -3.28. The summed E-state index contributed by atoms with van der Waals surface area (Å²) in [7, 11) is 0. The van der Waals surface area contributed by atoms with E-state index in [1.54, 1.807) is 17.0 Å². The standard InChI is InChI=1S/C37H49Cl2N5O5S/c1-26(45)50-25-35(47)40-17-7-3-6-12-34(46)41-30-15-19-43(20-16-30)37(49)42-33(23-28-13-14-31(38)32(39)22-28)36(48)44-18-8-11-29(24-44)21-27-9-4-2-5-10-27/h2,4-5,9-10,13-14,22,29-30,33H,3,6-8,11-12,15-21,23-25H2,1H3,(H,40,47)(H,41,46)(H,42,49). The monoisotopic (exact) mass is 745 g/mol. The third-order valence-corrected chi connectivity index (χ3v) is 10.7. The number of halogens is 2. The highest BCUT2D eigenvalue weighted by atomic mass is 35.5. The molecule has 272 valence electrons. The topological polar surface area (TPSA) is 128 Å². The van der Waals surface area contributed by atoms with Crippen LogP contribution < -0.4 is 16.0 Å². The largest absolute Gasteiger partial charge is 0.355 e. The summed E-state index contributed by atoms with van der Waals surface area (Å²) in [6.45, 7) is 4.18. The van der Waals surface area contributed by atoms with Crippen molar-refractivity contribution in [2.45, 2.75) is 83.2 Å². The molecule has 2 atom stereocenters. The first-order valence-corrected chi connectivity index (χ1v) is 19.3. The number of unbranched alkanes of at least 4 members (excludes halogenated alkanes) is 2. The number of rotatable bonds is 15. The summed E-state index contributed by atoms with van der Waals surface area (Å²) in [4.78, 5) is 66.4. The van der Waals surface area contributed by atoms with Crippen LogP contribution in [-0.2, 0) is 32.0 Å². The molecule has 0 aromatic heterocycles.